The zero-order valence-corrected chi connectivity index (χ0v) is 16.4. The molecule has 0 bridgehead atoms. The van der Waals surface area contributed by atoms with Crippen molar-refractivity contribution in [1.82, 2.24) is 4.90 Å². The van der Waals surface area contributed by atoms with Gasteiger partial charge in [-0.05, 0) is 47.6 Å². The molecule has 2 aromatic rings. The first-order valence-corrected chi connectivity index (χ1v) is 10.7. The van der Waals surface area contributed by atoms with Crippen LogP contribution in [0.4, 0.5) is 0 Å². The van der Waals surface area contributed by atoms with Gasteiger partial charge in [-0.25, -0.2) is 0 Å². The van der Waals surface area contributed by atoms with Crippen molar-refractivity contribution < 1.29 is 14.3 Å². The summed E-state index contributed by atoms with van der Waals surface area (Å²) in [7, 11) is 1.96. The van der Waals surface area contributed by atoms with Crippen molar-refractivity contribution in [1.29, 1.82) is 0 Å². The van der Waals surface area contributed by atoms with Crippen molar-refractivity contribution in [3.8, 4) is 11.5 Å². The van der Waals surface area contributed by atoms with Crippen LogP contribution < -0.4 is 9.47 Å². The van der Waals surface area contributed by atoms with E-state index in [2.05, 4.69) is 18.2 Å². The molecule has 4 rings (SSSR count). The molecule has 0 unspecified atom stereocenters. The summed E-state index contributed by atoms with van der Waals surface area (Å²) in [6, 6.07) is 16.6. The number of hydrogen-bond acceptors (Lipinski definition) is 4. The molecule has 0 radical (unpaired) electrons. The summed E-state index contributed by atoms with van der Waals surface area (Å²) >= 11 is 1.98. The molecule has 1 amide bonds. The summed E-state index contributed by atoms with van der Waals surface area (Å²) < 4.78 is 11.0. The smallest absolute Gasteiger partial charge is 0.231 e. The molecule has 1 fully saturated rings. The van der Waals surface area contributed by atoms with Crippen LogP contribution in [-0.2, 0) is 4.79 Å². The molecule has 2 heterocycles. The first kappa shape index (κ1) is 18.2. The van der Waals surface area contributed by atoms with Crippen LogP contribution in [0.5, 0.6) is 11.5 Å². The second-order valence-corrected chi connectivity index (χ2v) is 8.35. The molecular weight excluding hydrogens is 358 g/mol. The highest BCUT2D eigenvalue weighted by molar-refractivity contribution is 7.99. The normalized spacial score (nSPS) is 17.5. The standard InChI is InChI=1S/C22H25NO3S/c1-23(18-9-11-27-12-10-18)22(24)14-19(16-5-3-2-4-6-16)17-7-8-20-21(13-17)26-15-25-20/h2-8,13,18-19H,9-12,14-15H2,1H3/t19-/m0/s1. The quantitative estimate of drug-likeness (QED) is 0.772. The van der Waals surface area contributed by atoms with Gasteiger partial charge in [-0.1, -0.05) is 36.4 Å². The summed E-state index contributed by atoms with van der Waals surface area (Å²) in [4.78, 5) is 15.1. The highest BCUT2D eigenvalue weighted by atomic mass is 32.2. The number of carbonyl (C=O) groups excluding carboxylic acids is 1. The highest BCUT2D eigenvalue weighted by Gasteiger charge is 2.27. The summed E-state index contributed by atoms with van der Waals surface area (Å²) in [5, 5.41) is 0. The molecule has 1 saturated heterocycles. The van der Waals surface area contributed by atoms with Crippen molar-refractivity contribution in [3.63, 3.8) is 0 Å². The summed E-state index contributed by atoms with van der Waals surface area (Å²) in [5.41, 5.74) is 2.24. The molecule has 1 atom stereocenters. The minimum Gasteiger partial charge on any atom is -0.454 e. The van der Waals surface area contributed by atoms with Crippen LogP contribution in [0.25, 0.3) is 0 Å². The number of amides is 1. The van der Waals surface area contributed by atoms with E-state index in [-0.39, 0.29) is 18.6 Å². The molecule has 142 valence electrons. The molecule has 27 heavy (non-hydrogen) atoms. The van der Waals surface area contributed by atoms with Crippen LogP contribution in [0.2, 0.25) is 0 Å². The molecule has 4 nitrogen and oxygen atoms in total. The van der Waals surface area contributed by atoms with Gasteiger partial charge in [-0.15, -0.1) is 0 Å². The fourth-order valence-electron chi connectivity index (χ4n) is 3.84. The topological polar surface area (TPSA) is 38.8 Å². The number of benzene rings is 2. The van der Waals surface area contributed by atoms with Crippen molar-refractivity contribution in [2.45, 2.75) is 31.2 Å². The van der Waals surface area contributed by atoms with E-state index in [0.29, 0.717) is 12.5 Å². The van der Waals surface area contributed by atoms with E-state index in [0.717, 1.165) is 47.0 Å². The molecule has 0 saturated carbocycles. The molecule has 0 aromatic heterocycles. The third-order valence-electron chi connectivity index (χ3n) is 5.51. The number of fused-ring (bicyclic) bond motifs is 1. The average Bonchev–Trinajstić information content (AvgIpc) is 3.20. The summed E-state index contributed by atoms with van der Waals surface area (Å²) in [6.07, 6.45) is 2.64. The van der Waals surface area contributed by atoms with Gasteiger partial charge >= 0.3 is 0 Å². The van der Waals surface area contributed by atoms with Gasteiger partial charge in [0.05, 0.1) is 0 Å². The summed E-state index contributed by atoms with van der Waals surface area (Å²) in [5.74, 6) is 4.04. The van der Waals surface area contributed by atoms with Crippen LogP contribution in [0, 0.1) is 0 Å². The van der Waals surface area contributed by atoms with Gasteiger partial charge in [0, 0.05) is 25.4 Å². The average molecular weight is 384 g/mol. The Kier molecular flexibility index (Phi) is 5.58. The lowest BCUT2D eigenvalue weighted by molar-refractivity contribution is -0.132. The maximum Gasteiger partial charge on any atom is 0.231 e. The first-order valence-electron chi connectivity index (χ1n) is 9.50. The molecule has 5 heteroatoms. The van der Waals surface area contributed by atoms with Gasteiger partial charge < -0.3 is 14.4 Å². The molecule has 0 aliphatic carbocycles. The lowest BCUT2D eigenvalue weighted by Gasteiger charge is -2.32. The highest BCUT2D eigenvalue weighted by Crippen LogP contribution is 2.38. The van der Waals surface area contributed by atoms with E-state index in [4.69, 9.17) is 9.47 Å². The van der Waals surface area contributed by atoms with Gasteiger partial charge in [-0.2, -0.15) is 11.8 Å². The predicted octanol–water partition coefficient (Wildman–Crippen LogP) is 4.29. The van der Waals surface area contributed by atoms with Gasteiger partial charge in [0.25, 0.3) is 0 Å². The molecular formula is C22H25NO3S. The van der Waals surface area contributed by atoms with Gasteiger partial charge in [-0.3, -0.25) is 4.79 Å². The number of ether oxygens (including phenoxy) is 2. The van der Waals surface area contributed by atoms with E-state index in [1.807, 2.05) is 54.0 Å². The molecule has 0 N–H and O–H groups in total. The SMILES string of the molecule is CN(C(=O)C[C@@H](c1ccccc1)c1ccc2c(c1)OCO2)C1CCSCC1. The Bertz CT molecular complexity index is 789. The Morgan fingerprint density at radius 2 is 1.81 bits per heavy atom. The second kappa shape index (κ2) is 8.26. The maximum absolute atomic E-state index is 13.1. The first-order chi connectivity index (χ1) is 13.2. The van der Waals surface area contributed by atoms with E-state index in [1.54, 1.807) is 0 Å². The van der Waals surface area contributed by atoms with Crippen LogP contribution in [0.3, 0.4) is 0 Å². The third kappa shape index (κ3) is 4.08. The van der Waals surface area contributed by atoms with Crippen LogP contribution >= 0.6 is 11.8 Å². The van der Waals surface area contributed by atoms with Gasteiger partial charge in [0.2, 0.25) is 12.7 Å². The molecule has 0 spiro atoms. The molecule has 2 aliphatic heterocycles. The van der Waals surface area contributed by atoms with Crippen LogP contribution in [0.15, 0.2) is 48.5 Å². The van der Waals surface area contributed by atoms with Gasteiger partial charge in [0.1, 0.15) is 0 Å². The van der Waals surface area contributed by atoms with Crippen molar-refractivity contribution in [2.75, 3.05) is 25.3 Å². The Balaban J connectivity index is 1.58. The molecule has 2 aliphatic rings. The van der Waals surface area contributed by atoms with E-state index < -0.39 is 0 Å². The lowest BCUT2D eigenvalue weighted by Crippen LogP contribution is -2.39. The number of hydrogen-bond donors (Lipinski definition) is 0. The third-order valence-corrected chi connectivity index (χ3v) is 6.56. The number of nitrogens with zero attached hydrogens (tertiary/aromatic N) is 1. The number of rotatable bonds is 5. The summed E-state index contributed by atoms with van der Waals surface area (Å²) in [6.45, 7) is 0.260. The molecule has 2 aromatic carbocycles. The second-order valence-electron chi connectivity index (χ2n) is 7.13. The van der Waals surface area contributed by atoms with E-state index in [1.165, 1.54) is 0 Å². The predicted molar refractivity (Wildman–Crippen MR) is 109 cm³/mol. The Morgan fingerprint density at radius 3 is 2.59 bits per heavy atom. The van der Waals surface area contributed by atoms with Gasteiger partial charge in [0.15, 0.2) is 11.5 Å². The van der Waals surface area contributed by atoms with Crippen molar-refractivity contribution >= 4 is 17.7 Å². The fraction of sp³-hybridized carbons (Fsp3) is 0.409. The Hall–Kier alpha value is -2.14. The largest absolute Gasteiger partial charge is 0.454 e. The maximum atomic E-state index is 13.1. The Labute approximate surface area is 164 Å². The fourth-order valence-corrected chi connectivity index (χ4v) is 4.92. The lowest BCUT2D eigenvalue weighted by atomic mass is 9.87. The zero-order valence-electron chi connectivity index (χ0n) is 15.6. The van der Waals surface area contributed by atoms with Crippen LogP contribution in [-0.4, -0.2) is 42.2 Å². The van der Waals surface area contributed by atoms with E-state index >= 15 is 0 Å². The monoisotopic (exact) mass is 383 g/mol. The Morgan fingerprint density at radius 1 is 1.07 bits per heavy atom. The zero-order chi connectivity index (χ0) is 18.6. The van der Waals surface area contributed by atoms with E-state index in [9.17, 15) is 4.79 Å². The number of carbonyl (C=O) groups is 1. The number of thioether (sulfide) groups is 1. The van der Waals surface area contributed by atoms with Crippen molar-refractivity contribution in [3.05, 3.63) is 59.7 Å². The minimum absolute atomic E-state index is 0.00798. The van der Waals surface area contributed by atoms with Crippen molar-refractivity contribution in [2.24, 2.45) is 0 Å². The minimum atomic E-state index is 0.00798. The van der Waals surface area contributed by atoms with Crippen LogP contribution in [0.1, 0.15) is 36.3 Å².